The van der Waals surface area contributed by atoms with Crippen molar-refractivity contribution in [2.75, 3.05) is 6.54 Å². The van der Waals surface area contributed by atoms with Gasteiger partial charge in [0.15, 0.2) is 17.6 Å². The number of hydrogen-bond acceptors (Lipinski definition) is 4. The van der Waals surface area contributed by atoms with E-state index in [4.69, 9.17) is 0 Å². The van der Waals surface area contributed by atoms with Crippen molar-refractivity contribution < 1.29 is 23.2 Å². The minimum atomic E-state index is -0.643. The van der Waals surface area contributed by atoms with Crippen LogP contribution in [-0.2, 0) is 19.6 Å². The molecular weight excluding hydrogens is 454 g/mol. The van der Waals surface area contributed by atoms with Gasteiger partial charge < -0.3 is 9.67 Å². The number of fused-ring (bicyclic) bond motifs is 2. The van der Waals surface area contributed by atoms with Crippen LogP contribution in [-0.4, -0.2) is 48.7 Å². The number of hydrogen-bond donors (Lipinski definition) is 1. The van der Waals surface area contributed by atoms with Gasteiger partial charge in [0.2, 0.25) is 5.43 Å². The van der Waals surface area contributed by atoms with E-state index in [0.717, 1.165) is 11.6 Å². The molecule has 4 heterocycles. The zero-order valence-corrected chi connectivity index (χ0v) is 19.6. The first-order chi connectivity index (χ1) is 16.7. The van der Waals surface area contributed by atoms with Gasteiger partial charge in [-0.3, -0.25) is 24.0 Å². The first-order valence-electron chi connectivity index (χ1n) is 11.6. The molecule has 1 saturated heterocycles. The molecule has 5 rings (SSSR count). The molecule has 2 aromatic heterocycles. The average molecular weight is 482 g/mol. The summed E-state index contributed by atoms with van der Waals surface area (Å²) in [6, 6.07) is 7.23. The Labute approximate surface area is 201 Å². The predicted molar refractivity (Wildman–Crippen MR) is 124 cm³/mol. The molecule has 3 atom stereocenters. The van der Waals surface area contributed by atoms with Gasteiger partial charge in [-0.05, 0) is 32.0 Å². The van der Waals surface area contributed by atoms with Gasteiger partial charge in [0.25, 0.3) is 5.91 Å². The van der Waals surface area contributed by atoms with E-state index in [0.29, 0.717) is 41.7 Å². The molecule has 0 spiro atoms. The summed E-state index contributed by atoms with van der Waals surface area (Å²) in [5, 5.41) is 10.6. The van der Waals surface area contributed by atoms with Crippen LogP contribution < -0.4 is 5.43 Å². The van der Waals surface area contributed by atoms with Gasteiger partial charge in [-0.1, -0.05) is 6.07 Å². The van der Waals surface area contributed by atoms with E-state index < -0.39 is 34.9 Å². The Kier molecular flexibility index (Phi) is 5.67. The van der Waals surface area contributed by atoms with E-state index in [-0.39, 0.29) is 18.3 Å². The van der Waals surface area contributed by atoms with Crippen molar-refractivity contribution in [3.05, 3.63) is 93.2 Å². The number of quaternary nitrogens is 1. The number of nitrogens with zero attached hydrogens (tertiary/aromatic N) is 4. The molecule has 2 aliphatic rings. The van der Waals surface area contributed by atoms with Gasteiger partial charge >= 0.3 is 0 Å². The maximum atomic E-state index is 14.9. The average Bonchev–Trinajstić information content (AvgIpc) is 2.82. The summed E-state index contributed by atoms with van der Waals surface area (Å²) < 4.78 is 30.5. The molecule has 0 radical (unpaired) electrons. The van der Waals surface area contributed by atoms with E-state index >= 15 is 0 Å². The Morgan fingerprint density at radius 3 is 2.71 bits per heavy atom. The molecule has 35 heavy (non-hydrogen) atoms. The molecule has 1 N–H and O–H groups in total. The van der Waals surface area contributed by atoms with Crippen LogP contribution in [0.3, 0.4) is 0 Å². The highest BCUT2D eigenvalue weighted by atomic mass is 19.1. The van der Waals surface area contributed by atoms with Crippen molar-refractivity contribution in [1.29, 1.82) is 0 Å². The molecule has 0 saturated carbocycles. The standard InChI is InChI=1S/C26H26F2N4O3/c1-16-12-30-13-22-31(26(35)23(30)25(34)24(16)33)17(2)7-9-32(22,14-18-4-3-8-29-11-18)15-19-5-6-20(27)10-21(19)28/h3-6,8,10-12,17,22H,7,9,13-15H2,1-2H3/p+1/t17-,22?,32-/m0/s1. The molecule has 1 fully saturated rings. The maximum Gasteiger partial charge on any atom is 0.279 e. The largest absolute Gasteiger partial charge is 0.503 e. The number of carbonyl (C=O) groups excluding carboxylic acids is 1. The Balaban J connectivity index is 1.66. The van der Waals surface area contributed by atoms with Gasteiger partial charge in [-0.15, -0.1) is 0 Å². The van der Waals surface area contributed by atoms with E-state index in [1.54, 1.807) is 35.0 Å². The molecule has 0 bridgehead atoms. The highest BCUT2D eigenvalue weighted by Gasteiger charge is 2.52. The number of aromatic nitrogens is 2. The molecule has 182 valence electrons. The first-order valence-corrected chi connectivity index (χ1v) is 11.6. The zero-order chi connectivity index (χ0) is 24.9. The quantitative estimate of drug-likeness (QED) is 0.580. The summed E-state index contributed by atoms with van der Waals surface area (Å²) in [4.78, 5) is 32.1. The Hall–Kier alpha value is -3.59. The van der Waals surface area contributed by atoms with Crippen LogP contribution in [0.15, 0.2) is 53.7 Å². The lowest BCUT2D eigenvalue weighted by molar-refractivity contribution is -0.992. The van der Waals surface area contributed by atoms with Crippen molar-refractivity contribution in [1.82, 2.24) is 14.5 Å². The van der Waals surface area contributed by atoms with Crippen LogP contribution >= 0.6 is 0 Å². The third kappa shape index (κ3) is 3.89. The van der Waals surface area contributed by atoms with Crippen LogP contribution in [0.25, 0.3) is 0 Å². The van der Waals surface area contributed by atoms with Crippen molar-refractivity contribution in [2.24, 2.45) is 0 Å². The van der Waals surface area contributed by atoms with Crippen molar-refractivity contribution in [2.45, 2.75) is 52.1 Å². The maximum absolute atomic E-state index is 14.9. The second kappa shape index (κ2) is 8.57. The van der Waals surface area contributed by atoms with E-state index in [9.17, 15) is 23.5 Å². The molecule has 3 aromatic rings. The number of halogens is 2. The normalized spacial score (nSPS) is 23.7. The molecule has 2 aliphatic heterocycles. The molecule has 1 unspecified atom stereocenters. The monoisotopic (exact) mass is 481 g/mol. The third-order valence-corrected chi connectivity index (χ3v) is 7.37. The Bertz CT molecular complexity index is 1360. The number of amides is 1. The lowest BCUT2D eigenvalue weighted by Crippen LogP contribution is -2.71. The Morgan fingerprint density at radius 1 is 1.20 bits per heavy atom. The fourth-order valence-corrected chi connectivity index (χ4v) is 5.61. The third-order valence-electron chi connectivity index (χ3n) is 7.37. The minimum Gasteiger partial charge on any atom is -0.503 e. The number of aromatic hydroxyl groups is 1. The second-order valence-corrected chi connectivity index (χ2v) is 9.68. The van der Waals surface area contributed by atoms with Gasteiger partial charge in [0.05, 0.1) is 13.1 Å². The van der Waals surface area contributed by atoms with Crippen LogP contribution in [0.1, 0.15) is 40.5 Å². The molecule has 1 aromatic carbocycles. The van der Waals surface area contributed by atoms with Crippen LogP contribution in [0.4, 0.5) is 8.78 Å². The van der Waals surface area contributed by atoms with Crippen molar-refractivity contribution in [3.8, 4) is 5.75 Å². The van der Waals surface area contributed by atoms with Crippen molar-refractivity contribution >= 4 is 5.91 Å². The summed E-state index contributed by atoms with van der Waals surface area (Å²) in [6.45, 7) is 5.24. The first kappa shape index (κ1) is 23.2. The summed E-state index contributed by atoms with van der Waals surface area (Å²) in [5.41, 5.74) is 1.06. The van der Waals surface area contributed by atoms with Crippen molar-refractivity contribution in [3.63, 3.8) is 0 Å². The van der Waals surface area contributed by atoms with Gasteiger partial charge in [0.1, 0.15) is 24.7 Å². The summed E-state index contributed by atoms with van der Waals surface area (Å²) in [6.07, 6.45) is 5.28. The summed E-state index contributed by atoms with van der Waals surface area (Å²) >= 11 is 0. The van der Waals surface area contributed by atoms with E-state index in [1.165, 1.54) is 12.1 Å². The lowest BCUT2D eigenvalue weighted by Gasteiger charge is -2.56. The fraction of sp³-hybridized carbons (Fsp3) is 0.346. The topological polar surface area (TPSA) is 75.4 Å². The van der Waals surface area contributed by atoms with Crippen LogP contribution in [0.5, 0.6) is 5.75 Å². The van der Waals surface area contributed by atoms with E-state index in [2.05, 4.69) is 4.98 Å². The SMILES string of the molecule is Cc1cn2c(c(O)c1=O)C(=O)N1C(C2)[N@@+](Cc2cccnc2)(Cc2ccc(F)cc2F)CC[C@@H]1C. The van der Waals surface area contributed by atoms with Gasteiger partial charge in [-0.2, -0.15) is 0 Å². The molecule has 7 nitrogen and oxygen atoms in total. The highest BCUT2D eigenvalue weighted by Crippen LogP contribution is 2.38. The van der Waals surface area contributed by atoms with Crippen LogP contribution in [0, 0.1) is 18.6 Å². The molecule has 1 amide bonds. The highest BCUT2D eigenvalue weighted by molar-refractivity contribution is 5.96. The number of rotatable bonds is 4. The summed E-state index contributed by atoms with van der Waals surface area (Å²) in [7, 11) is 0. The number of pyridine rings is 2. The van der Waals surface area contributed by atoms with E-state index in [1.807, 2.05) is 19.1 Å². The molecular formula is C26H27F2N4O3+. The van der Waals surface area contributed by atoms with Crippen LogP contribution in [0.2, 0.25) is 0 Å². The number of carbonyl (C=O) groups is 1. The predicted octanol–water partition coefficient (Wildman–Crippen LogP) is 3.33. The smallest absolute Gasteiger partial charge is 0.279 e. The van der Waals surface area contributed by atoms with Gasteiger partial charge in [-0.25, -0.2) is 8.78 Å². The number of benzene rings is 1. The second-order valence-electron chi connectivity index (χ2n) is 9.68. The summed E-state index contributed by atoms with van der Waals surface area (Å²) in [5.74, 6) is -2.23. The number of aryl methyl sites for hydroxylation is 1. The Morgan fingerprint density at radius 2 is 2.00 bits per heavy atom. The lowest BCUT2D eigenvalue weighted by atomic mass is 9.97. The molecule has 0 aliphatic carbocycles. The zero-order valence-electron chi connectivity index (χ0n) is 19.6. The fourth-order valence-electron chi connectivity index (χ4n) is 5.61. The van der Waals surface area contributed by atoms with Gasteiger partial charge in [0, 0.05) is 53.8 Å². The minimum absolute atomic E-state index is 0.0157. The molecule has 9 heteroatoms.